The molecular weight excluding hydrogens is 408 g/mol. The first-order valence-corrected chi connectivity index (χ1v) is 10.7. The van der Waals surface area contributed by atoms with Crippen LogP contribution in [0.4, 0.5) is 0 Å². The van der Waals surface area contributed by atoms with Crippen LogP contribution in [-0.2, 0) is 16.1 Å². The van der Waals surface area contributed by atoms with Crippen LogP contribution in [0, 0.1) is 0 Å². The summed E-state index contributed by atoms with van der Waals surface area (Å²) < 4.78 is 12.8. The molecule has 0 saturated carbocycles. The lowest BCUT2D eigenvalue weighted by Gasteiger charge is -2.22. The highest BCUT2D eigenvalue weighted by Crippen LogP contribution is 2.34. The molecule has 2 aromatic heterocycles. The number of methoxy groups -OCH3 is 2. The number of carbonyl (C=O) groups excluding carboxylic acids is 2. The van der Waals surface area contributed by atoms with Gasteiger partial charge in [-0.3, -0.25) is 14.6 Å². The van der Waals surface area contributed by atoms with Crippen LogP contribution < -0.4 is 9.47 Å². The van der Waals surface area contributed by atoms with E-state index in [0.717, 1.165) is 28.6 Å². The standard InChI is InChI=1S/C24H28N4O4/c1-17(29)26-10-4-11-27(14-13-26)22(30)16-28-12-8-18-7-9-25-23(24(18)28)19-5-6-20(31-2)21(15-19)32-3/h5-9,12,15H,4,10-11,13-14,16H2,1-3H3. The third kappa shape index (κ3) is 4.26. The predicted molar refractivity (Wildman–Crippen MR) is 122 cm³/mol. The van der Waals surface area contributed by atoms with Crippen molar-refractivity contribution < 1.29 is 19.1 Å². The van der Waals surface area contributed by atoms with Crippen LogP contribution in [0.15, 0.2) is 42.7 Å². The van der Waals surface area contributed by atoms with Crippen LogP contribution in [0.1, 0.15) is 13.3 Å². The van der Waals surface area contributed by atoms with Gasteiger partial charge in [-0.25, -0.2) is 0 Å². The Balaban J connectivity index is 1.62. The van der Waals surface area contributed by atoms with Gasteiger partial charge in [-0.05, 0) is 36.8 Å². The monoisotopic (exact) mass is 436 g/mol. The van der Waals surface area contributed by atoms with E-state index in [1.807, 2.05) is 46.0 Å². The lowest BCUT2D eigenvalue weighted by atomic mass is 10.1. The Bertz CT molecular complexity index is 1140. The molecule has 0 radical (unpaired) electrons. The van der Waals surface area contributed by atoms with E-state index in [-0.39, 0.29) is 18.4 Å². The van der Waals surface area contributed by atoms with Crippen LogP contribution >= 0.6 is 0 Å². The van der Waals surface area contributed by atoms with Gasteiger partial charge in [0.2, 0.25) is 11.8 Å². The summed E-state index contributed by atoms with van der Waals surface area (Å²) in [5.74, 6) is 1.36. The highest BCUT2D eigenvalue weighted by molar-refractivity contribution is 5.94. The second kappa shape index (κ2) is 9.30. The maximum absolute atomic E-state index is 13.1. The van der Waals surface area contributed by atoms with Crippen LogP contribution in [-0.4, -0.2) is 71.6 Å². The number of ether oxygens (including phenoxy) is 2. The Morgan fingerprint density at radius 1 is 0.969 bits per heavy atom. The van der Waals surface area contributed by atoms with Crippen molar-refractivity contribution in [3.8, 4) is 22.8 Å². The molecular formula is C24H28N4O4. The number of carbonyl (C=O) groups is 2. The van der Waals surface area contributed by atoms with Crippen molar-refractivity contribution in [3.63, 3.8) is 0 Å². The quantitative estimate of drug-likeness (QED) is 0.615. The summed E-state index contributed by atoms with van der Waals surface area (Å²) in [6, 6.07) is 9.62. The minimum Gasteiger partial charge on any atom is -0.493 e. The fourth-order valence-electron chi connectivity index (χ4n) is 4.20. The zero-order valence-corrected chi connectivity index (χ0v) is 18.7. The fraction of sp³-hybridized carbons (Fsp3) is 0.375. The lowest BCUT2D eigenvalue weighted by molar-refractivity contribution is -0.133. The molecule has 0 N–H and O–H groups in total. The first-order chi connectivity index (χ1) is 15.5. The molecule has 8 nitrogen and oxygen atoms in total. The molecule has 4 rings (SSSR count). The van der Waals surface area contributed by atoms with Gasteiger partial charge >= 0.3 is 0 Å². The molecule has 1 aliphatic heterocycles. The minimum atomic E-state index is 0.0371. The smallest absolute Gasteiger partial charge is 0.242 e. The normalized spacial score (nSPS) is 14.3. The van der Waals surface area contributed by atoms with E-state index in [9.17, 15) is 9.59 Å². The molecule has 0 unspecified atom stereocenters. The zero-order valence-electron chi connectivity index (χ0n) is 18.7. The molecule has 0 spiro atoms. The molecule has 8 heteroatoms. The number of nitrogens with zero attached hydrogens (tertiary/aromatic N) is 4. The summed E-state index contributed by atoms with van der Waals surface area (Å²) in [7, 11) is 3.21. The number of hydrogen-bond donors (Lipinski definition) is 0. The molecule has 168 valence electrons. The van der Waals surface area contributed by atoms with Gasteiger partial charge in [0.25, 0.3) is 0 Å². The minimum absolute atomic E-state index is 0.0371. The van der Waals surface area contributed by atoms with Gasteiger partial charge in [0.1, 0.15) is 6.54 Å². The average molecular weight is 437 g/mol. The first kappa shape index (κ1) is 21.7. The molecule has 1 aromatic carbocycles. The Hall–Kier alpha value is -3.55. The number of aromatic nitrogens is 2. The molecule has 0 bridgehead atoms. The SMILES string of the molecule is COc1ccc(-c2nccc3ccn(CC(=O)N4CCCN(C(C)=O)CC4)c23)cc1OC. The number of fused-ring (bicyclic) bond motifs is 1. The predicted octanol–water partition coefficient (Wildman–Crippen LogP) is 2.80. The Kier molecular flexibility index (Phi) is 6.30. The molecule has 32 heavy (non-hydrogen) atoms. The molecule has 1 fully saturated rings. The van der Waals surface area contributed by atoms with Crippen molar-refractivity contribution in [2.24, 2.45) is 0 Å². The number of amides is 2. The van der Waals surface area contributed by atoms with Crippen molar-refractivity contribution in [1.29, 1.82) is 0 Å². The number of rotatable bonds is 5. The summed E-state index contributed by atoms with van der Waals surface area (Å²) in [6.07, 6.45) is 4.48. The maximum Gasteiger partial charge on any atom is 0.242 e. The summed E-state index contributed by atoms with van der Waals surface area (Å²) in [5, 5.41) is 1.01. The molecule has 3 heterocycles. The van der Waals surface area contributed by atoms with Crippen molar-refractivity contribution in [2.45, 2.75) is 19.9 Å². The van der Waals surface area contributed by atoms with Crippen LogP contribution in [0.25, 0.3) is 22.2 Å². The molecule has 1 aliphatic rings. The first-order valence-electron chi connectivity index (χ1n) is 10.7. The second-order valence-electron chi connectivity index (χ2n) is 7.85. The van der Waals surface area contributed by atoms with Crippen LogP contribution in [0.5, 0.6) is 11.5 Å². The second-order valence-corrected chi connectivity index (χ2v) is 7.85. The average Bonchev–Trinajstić information content (AvgIpc) is 3.04. The molecule has 1 saturated heterocycles. The van der Waals surface area contributed by atoms with E-state index in [0.29, 0.717) is 37.7 Å². The molecule has 0 aliphatic carbocycles. The molecule has 3 aromatic rings. The molecule has 2 amide bonds. The van der Waals surface area contributed by atoms with Crippen LogP contribution in [0.3, 0.4) is 0 Å². The van der Waals surface area contributed by atoms with E-state index in [1.54, 1.807) is 32.2 Å². The van der Waals surface area contributed by atoms with Gasteiger partial charge in [0.15, 0.2) is 11.5 Å². The van der Waals surface area contributed by atoms with E-state index >= 15 is 0 Å². The van der Waals surface area contributed by atoms with Crippen molar-refractivity contribution in [1.82, 2.24) is 19.4 Å². The van der Waals surface area contributed by atoms with Gasteiger partial charge in [0, 0.05) is 56.4 Å². The summed E-state index contributed by atoms with van der Waals surface area (Å²) in [5.41, 5.74) is 2.56. The van der Waals surface area contributed by atoms with Crippen molar-refractivity contribution >= 4 is 22.7 Å². The third-order valence-corrected chi connectivity index (χ3v) is 5.93. The Morgan fingerprint density at radius 3 is 2.47 bits per heavy atom. The Morgan fingerprint density at radius 2 is 1.72 bits per heavy atom. The molecule has 0 atom stereocenters. The largest absolute Gasteiger partial charge is 0.493 e. The van der Waals surface area contributed by atoms with Gasteiger partial charge in [-0.2, -0.15) is 0 Å². The van der Waals surface area contributed by atoms with E-state index in [4.69, 9.17) is 9.47 Å². The highest BCUT2D eigenvalue weighted by atomic mass is 16.5. The van der Waals surface area contributed by atoms with Gasteiger partial charge in [-0.1, -0.05) is 0 Å². The fourth-order valence-corrected chi connectivity index (χ4v) is 4.20. The van der Waals surface area contributed by atoms with Crippen LogP contribution in [0.2, 0.25) is 0 Å². The van der Waals surface area contributed by atoms with E-state index in [2.05, 4.69) is 4.98 Å². The number of hydrogen-bond acceptors (Lipinski definition) is 5. The van der Waals surface area contributed by atoms with E-state index < -0.39 is 0 Å². The van der Waals surface area contributed by atoms with Crippen molar-refractivity contribution in [3.05, 3.63) is 42.7 Å². The van der Waals surface area contributed by atoms with Crippen molar-refractivity contribution in [2.75, 3.05) is 40.4 Å². The number of pyridine rings is 1. The highest BCUT2D eigenvalue weighted by Gasteiger charge is 2.21. The summed E-state index contributed by atoms with van der Waals surface area (Å²) >= 11 is 0. The zero-order chi connectivity index (χ0) is 22.7. The topological polar surface area (TPSA) is 76.9 Å². The Labute approximate surface area is 187 Å². The lowest BCUT2D eigenvalue weighted by Crippen LogP contribution is -2.38. The number of benzene rings is 1. The van der Waals surface area contributed by atoms with Gasteiger partial charge < -0.3 is 23.8 Å². The van der Waals surface area contributed by atoms with E-state index in [1.165, 1.54) is 0 Å². The third-order valence-electron chi connectivity index (χ3n) is 5.93. The maximum atomic E-state index is 13.1. The van der Waals surface area contributed by atoms with Gasteiger partial charge in [0.05, 0.1) is 25.4 Å². The van der Waals surface area contributed by atoms with Gasteiger partial charge in [-0.15, -0.1) is 0 Å². The summed E-state index contributed by atoms with van der Waals surface area (Å²) in [4.78, 5) is 33.1. The summed E-state index contributed by atoms with van der Waals surface area (Å²) in [6.45, 7) is 4.27.